The Hall–Kier alpha value is -3.13. The van der Waals surface area contributed by atoms with Crippen molar-refractivity contribution in [3.05, 3.63) is 29.3 Å². The van der Waals surface area contributed by atoms with Crippen molar-refractivity contribution >= 4 is 68.9 Å². The molecule has 4 aromatic rings. The van der Waals surface area contributed by atoms with Gasteiger partial charge in [-0.2, -0.15) is 4.98 Å². The number of nitrogens with zero attached hydrogens (tertiary/aromatic N) is 7. The standard InChI is InChI=1S/C22H27FN10O9P2S/c23-11-15(10(3-38-43)41-21(11)33-7-29-13-18(33)30-22(25)31-19(13)36)42-44(37,45)39-4-9-14(35)8(1-2-34)20(40-9)32-6-28-12-16(24)26-5-27-17(12)32/h2,5-11,14-15,20-21,35H,1,3-4,43H2,(H,37,45)(H2,24,26,27)(H3,25,30,31,36)/t8-,9-,10-,11-,14+,15-,20-,21-,44-/m1/s1. The number of aliphatic hydroxyl groups is 1. The largest absolute Gasteiger partial charge is 0.390 e. The number of aromatic nitrogens is 8. The average molecular weight is 689 g/mol. The summed E-state index contributed by atoms with van der Waals surface area (Å²) in [5.74, 6) is -0.865. The van der Waals surface area contributed by atoms with Gasteiger partial charge in [0, 0.05) is 21.8 Å². The van der Waals surface area contributed by atoms with E-state index in [1.807, 2.05) is 9.47 Å². The zero-order valence-corrected chi connectivity index (χ0v) is 25.8. The molecule has 0 aromatic carbocycles. The van der Waals surface area contributed by atoms with Crippen LogP contribution in [0.25, 0.3) is 22.3 Å². The molecule has 0 spiro atoms. The number of aliphatic hydroxyl groups excluding tert-OH is 1. The monoisotopic (exact) mass is 688 g/mol. The average Bonchev–Trinajstić information content (AvgIpc) is 3.75. The fraction of sp³-hybridized carbons (Fsp3) is 0.500. The van der Waals surface area contributed by atoms with Crippen molar-refractivity contribution in [1.29, 1.82) is 0 Å². The number of fused-ring (bicyclic) bond motifs is 2. The van der Waals surface area contributed by atoms with E-state index in [4.69, 9.17) is 34.5 Å². The molecule has 2 saturated heterocycles. The SMILES string of the molecule is Nc1nc2c(ncn2[C@@H]2O[C@H](COP)[C@@H](O[P@](=O)(S)OC[C@H]3O[C@@H](n4cnc5c(N)ncnc54)[C@H](CC=O)[C@@H]3O)[C@H]2F)c(=O)[nH]1. The second kappa shape index (κ2) is 12.6. The van der Waals surface area contributed by atoms with E-state index in [9.17, 15) is 19.3 Å². The predicted octanol–water partition coefficient (Wildman–Crippen LogP) is 0.0693. The highest BCUT2D eigenvalue weighted by Crippen LogP contribution is 2.57. The van der Waals surface area contributed by atoms with Gasteiger partial charge in [0.15, 0.2) is 35.0 Å². The Morgan fingerprint density at radius 2 is 1.82 bits per heavy atom. The number of carbonyl (C=O) groups is 1. The van der Waals surface area contributed by atoms with Gasteiger partial charge in [0.05, 0.1) is 32.0 Å². The second-order valence-electron chi connectivity index (χ2n) is 10.2. The van der Waals surface area contributed by atoms with Crippen molar-refractivity contribution in [3.63, 3.8) is 0 Å². The molecule has 19 nitrogen and oxygen atoms in total. The van der Waals surface area contributed by atoms with Crippen LogP contribution in [0.3, 0.4) is 0 Å². The van der Waals surface area contributed by atoms with Gasteiger partial charge in [-0.15, -0.1) is 0 Å². The number of thiol groups is 1. The Balaban J connectivity index is 1.18. The molecule has 6 heterocycles. The van der Waals surface area contributed by atoms with Crippen LogP contribution in [0.15, 0.2) is 23.8 Å². The maximum Gasteiger partial charge on any atom is 0.386 e. The highest BCUT2D eigenvalue weighted by Gasteiger charge is 2.51. The molecule has 6 N–H and O–H groups in total. The Labute approximate surface area is 259 Å². The molecular formula is C22H27FN10O9P2S. The maximum absolute atomic E-state index is 15.9. The van der Waals surface area contributed by atoms with Crippen molar-refractivity contribution in [2.24, 2.45) is 5.92 Å². The third-order valence-corrected chi connectivity index (χ3v) is 9.25. The van der Waals surface area contributed by atoms with Gasteiger partial charge < -0.3 is 35.4 Å². The summed E-state index contributed by atoms with van der Waals surface area (Å²) < 4.78 is 59.7. The summed E-state index contributed by atoms with van der Waals surface area (Å²) in [5, 5.41) is 11.0. The van der Waals surface area contributed by atoms with Crippen molar-refractivity contribution in [2.45, 2.75) is 49.5 Å². The molecule has 0 saturated carbocycles. The van der Waals surface area contributed by atoms with E-state index in [1.165, 1.54) is 17.2 Å². The normalized spacial score (nSPS) is 29.9. The van der Waals surface area contributed by atoms with Crippen LogP contribution in [0, 0.1) is 5.92 Å². The number of ether oxygens (including phenoxy) is 2. The van der Waals surface area contributed by atoms with Crippen LogP contribution in [0.1, 0.15) is 18.9 Å². The molecule has 23 heteroatoms. The molecule has 0 radical (unpaired) electrons. The topological polar surface area (TPSA) is 260 Å². The van der Waals surface area contributed by atoms with Gasteiger partial charge in [0.1, 0.15) is 42.7 Å². The summed E-state index contributed by atoms with van der Waals surface area (Å²) in [4.78, 5) is 46.2. The van der Waals surface area contributed by atoms with Gasteiger partial charge in [0.25, 0.3) is 5.56 Å². The van der Waals surface area contributed by atoms with E-state index in [-0.39, 0.29) is 36.0 Å². The summed E-state index contributed by atoms with van der Waals surface area (Å²) in [7, 11) is 1.99. The zero-order valence-electron chi connectivity index (χ0n) is 22.9. The number of anilines is 2. The Morgan fingerprint density at radius 3 is 2.56 bits per heavy atom. The van der Waals surface area contributed by atoms with Crippen molar-refractivity contribution < 1.29 is 41.9 Å². The van der Waals surface area contributed by atoms with Crippen molar-refractivity contribution in [2.75, 3.05) is 24.7 Å². The zero-order chi connectivity index (χ0) is 32.0. The van der Waals surface area contributed by atoms with Gasteiger partial charge in [-0.05, 0) is 0 Å². The first-order valence-corrected chi connectivity index (χ1v) is 16.4. The Kier molecular flexibility index (Phi) is 8.90. The number of nitrogens with one attached hydrogen (secondary N) is 1. The number of aldehydes is 1. The lowest BCUT2D eigenvalue weighted by molar-refractivity contribution is -0.110. The van der Waals surface area contributed by atoms with Crippen LogP contribution in [-0.4, -0.2) is 94.2 Å². The first-order chi connectivity index (χ1) is 21.5. The first-order valence-electron chi connectivity index (χ1n) is 13.2. The highest BCUT2D eigenvalue weighted by atomic mass is 32.7. The van der Waals surface area contributed by atoms with Crippen LogP contribution in [0.4, 0.5) is 16.2 Å². The molecule has 10 atom stereocenters. The van der Waals surface area contributed by atoms with E-state index >= 15 is 4.39 Å². The number of hydrogen-bond donors (Lipinski definition) is 5. The quantitative estimate of drug-likeness (QED) is 0.0793. The van der Waals surface area contributed by atoms with Crippen LogP contribution in [0.2, 0.25) is 0 Å². The second-order valence-corrected chi connectivity index (χ2v) is 13.4. The number of halogens is 1. The van der Waals surface area contributed by atoms with Crippen LogP contribution < -0.4 is 17.0 Å². The molecule has 1 unspecified atom stereocenters. The smallest absolute Gasteiger partial charge is 0.386 e. The summed E-state index contributed by atoms with van der Waals surface area (Å²) >= 11 is 4.02. The molecule has 2 aliphatic heterocycles. The van der Waals surface area contributed by atoms with Crippen LogP contribution >= 0.6 is 28.5 Å². The third-order valence-electron chi connectivity index (χ3n) is 7.44. The molecule has 0 amide bonds. The molecule has 242 valence electrons. The van der Waals surface area contributed by atoms with Crippen molar-refractivity contribution in [1.82, 2.24) is 39.0 Å². The number of nitrogen functional groups attached to an aromatic ring is 2. The number of aromatic amines is 1. The van der Waals surface area contributed by atoms with Crippen molar-refractivity contribution in [3.8, 4) is 0 Å². The van der Waals surface area contributed by atoms with Gasteiger partial charge in [-0.25, -0.2) is 28.9 Å². The number of carbonyl (C=O) groups excluding carboxylic acids is 1. The first kappa shape index (κ1) is 31.8. The van der Waals surface area contributed by atoms with E-state index in [1.54, 1.807) is 0 Å². The molecule has 45 heavy (non-hydrogen) atoms. The van der Waals surface area contributed by atoms with E-state index in [0.717, 1.165) is 10.9 Å². The lowest BCUT2D eigenvalue weighted by Crippen LogP contribution is -2.34. The molecule has 4 aromatic heterocycles. The Bertz CT molecular complexity index is 1830. The lowest BCUT2D eigenvalue weighted by atomic mass is 9.97. The minimum Gasteiger partial charge on any atom is -0.390 e. The molecule has 6 rings (SSSR count). The molecule has 2 fully saturated rings. The molecule has 0 aliphatic carbocycles. The van der Waals surface area contributed by atoms with Gasteiger partial charge in [-0.1, -0.05) is 12.2 Å². The highest BCUT2D eigenvalue weighted by molar-refractivity contribution is 8.44. The number of nitrogens with two attached hydrogens (primary N) is 2. The fourth-order valence-electron chi connectivity index (χ4n) is 5.39. The number of hydrogen-bond acceptors (Lipinski definition) is 16. The van der Waals surface area contributed by atoms with Gasteiger partial charge in [-0.3, -0.25) is 28.0 Å². The summed E-state index contributed by atoms with van der Waals surface area (Å²) in [6.07, 6.45) is -5.12. The summed E-state index contributed by atoms with van der Waals surface area (Å²) in [5.41, 5.74) is 11.3. The lowest BCUT2D eigenvalue weighted by Gasteiger charge is -2.24. The maximum atomic E-state index is 15.9. The van der Waals surface area contributed by atoms with Gasteiger partial charge >= 0.3 is 6.80 Å². The predicted molar refractivity (Wildman–Crippen MR) is 158 cm³/mol. The van der Waals surface area contributed by atoms with E-state index in [2.05, 4.69) is 42.2 Å². The van der Waals surface area contributed by atoms with E-state index < -0.39 is 67.9 Å². The van der Waals surface area contributed by atoms with Crippen LogP contribution in [0.5, 0.6) is 0 Å². The van der Waals surface area contributed by atoms with Gasteiger partial charge in [0.2, 0.25) is 5.95 Å². The number of imidazole rings is 2. The molecule has 0 bridgehead atoms. The summed E-state index contributed by atoms with van der Waals surface area (Å²) in [6.45, 7) is -5.10. The summed E-state index contributed by atoms with van der Waals surface area (Å²) in [6, 6.07) is 0. The minimum absolute atomic E-state index is 0.0491. The minimum atomic E-state index is -4.37. The van der Waals surface area contributed by atoms with E-state index in [0.29, 0.717) is 17.5 Å². The van der Waals surface area contributed by atoms with Crippen LogP contribution in [-0.2, 0) is 32.4 Å². The third kappa shape index (κ3) is 5.95. The number of rotatable bonds is 11. The molecule has 2 aliphatic rings. The fourth-order valence-corrected chi connectivity index (χ4v) is 7.06. The number of alkyl halides is 1. The Morgan fingerprint density at radius 1 is 1.11 bits per heavy atom. The molecular weight excluding hydrogens is 661 g/mol. The number of H-pyrrole nitrogens is 1.